The molecular formula is C14H20N2O. The Kier molecular flexibility index (Phi) is 2.43. The number of rotatable bonds is 3. The summed E-state index contributed by atoms with van der Waals surface area (Å²) < 4.78 is 0. The molecule has 3 unspecified atom stereocenters. The molecule has 1 amide bonds. The second-order valence-corrected chi connectivity index (χ2v) is 6.31. The average Bonchev–Trinajstić information content (AvgIpc) is 2.87. The Bertz CT molecular complexity index is 380. The number of nitriles is 1. The van der Waals surface area contributed by atoms with Gasteiger partial charge >= 0.3 is 0 Å². The molecule has 3 aliphatic rings. The van der Waals surface area contributed by atoms with Gasteiger partial charge in [-0.15, -0.1) is 0 Å². The van der Waals surface area contributed by atoms with Crippen LogP contribution in [0, 0.1) is 34.5 Å². The molecule has 3 aliphatic carbocycles. The number of nitrogens with zero attached hydrogens (tertiary/aromatic N) is 2. The molecule has 3 heteroatoms. The van der Waals surface area contributed by atoms with Crippen LogP contribution in [0.2, 0.25) is 0 Å². The van der Waals surface area contributed by atoms with Crippen molar-refractivity contribution >= 4 is 5.91 Å². The lowest BCUT2D eigenvalue weighted by Gasteiger charge is -2.28. The van der Waals surface area contributed by atoms with E-state index in [1.54, 1.807) is 0 Å². The van der Waals surface area contributed by atoms with E-state index in [9.17, 15) is 4.79 Å². The summed E-state index contributed by atoms with van der Waals surface area (Å²) >= 11 is 0. The van der Waals surface area contributed by atoms with Crippen LogP contribution in [0.1, 0.15) is 38.5 Å². The van der Waals surface area contributed by atoms with Crippen LogP contribution in [0.25, 0.3) is 0 Å². The van der Waals surface area contributed by atoms with Crippen molar-refractivity contribution in [1.29, 1.82) is 5.26 Å². The third kappa shape index (κ3) is 1.74. The van der Waals surface area contributed by atoms with E-state index < -0.39 is 5.41 Å². The van der Waals surface area contributed by atoms with Crippen LogP contribution in [0.15, 0.2) is 0 Å². The Labute approximate surface area is 103 Å². The van der Waals surface area contributed by atoms with E-state index in [1.807, 2.05) is 11.9 Å². The molecule has 0 radical (unpaired) electrons. The number of hydrogen-bond donors (Lipinski definition) is 0. The monoisotopic (exact) mass is 232 g/mol. The normalized spacial score (nSPS) is 36.6. The van der Waals surface area contributed by atoms with Crippen LogP contribution in [0.5, 0.6) is 0 Å². The van der Waals surface area contributed by atoms with Gasteiger partial charge in [-0.25, -0.2) is 0 Å². The van der Waals surface area contributed by atoms with Gasteiger partial charge in [0.2, 0.25) is 5.91 Å². The lowest BCUT2D eigenvalue weighted by molar-refractivity contribution is -0.134. The molecule has 0 aliphatic heterocycles. The highest BCUT2D eigenvalue weighted by atomic mass is 16.2. The van der Waals surface area contributed by atoms with E-state index >= 15 is 0 Å². The van der Waals surface area contributed by atoms with Crippen molar-refractivity contribution in [2.75, 3.05) is 13.6 Å². The van der Waals surface area contributed by atoms with E-state index in [-0.39, 0.29) is 5.91 Å². The van der Waals surface area contributed by atoms with Crippen molar-refractivity contribution in [3.8, 4) is 6.07 Å². The largest absolute Gasteiger partial charge is 0.344 e. The standard InChI is InChI=1S/C14H20N2O/c1-16(13(17)14(9-15)4-5-14)8-12-7-10-2-3-11(12)6-10/h10-12H,2-8H2,1H3. The fourth-order valence-corrected chi connectivity index (χ4v) is 3.90. The van der Waals surface area contributed by atoms with E-state index in [1.165, 1.54) is 25.7 Å². The minimum atomic E-state index is -0.633. The molecule has 17 heavy (non-hydrogen) atoms. The van der Waals surface area contributed by atoms with Crippen molar-refractivity contribution in [1.82, 2.24) is 4.90 Å². The van der Waals surface area contributed by atoms with Crippen molar-refractivity contribution in [2.24, 2.45) is 23.2 Å². The molecule has 0 spiro atoms. The van der Waals surface area contributed by atoms with E-state index in [0.29, 0.717) is 5.92 Å². The van der Waals surface area contributed by atoms with Gasteiger partial charge in [-0.2, -0.15) is 5.26 Å². The van der Waals surface area contributed by atoms with Gasteiger partial charge in [0.05, 0.1) is 6.07 Å². The number of carbonyl (C=O) groups is 1. The number of carbonyl (C=O) groups excluding carboxylic acids is 1. The Balaban J connectivity index is 1.59. The van der Waals surface area contributed by atoms with Crippen molar-refractivity contribution in [3.63, 3.8) is 0 Å². The Morgan fingerprint density at radius 3 is 2.65 bits per heavy atom. The summed E-state index contributed by atoms with van der Waals surface area (Å²) in [7, 11) is 1.88. The molecule has 0 aromatic rings. The van der Waals surface area contributed by atoms with Gasteiger partial charge in [0.25, 0.3) is 0 Å². The minimum Gasteiger partial charge on any atom is -0.344 e. The molecule has 3 fully saturated rings. The summed E-state index contributed by atoms with van der Waals surface area (Å²) in [5, 5.41) is 9.04. The second kappa shape index (κ2) is 3.73. The van der Waals surface area contributed by atoms with E-state index in [4.69, 9.17) is 5.26 Å². The molecule has 92 valence electrons. The van der Waals surface area contributed by atoms with Crippen LogP contribution < -0.4 is 0 Å². The Hall–Kier alpha value is -1.04. The van der Waals surface area contributed by atoms with Crippen molar-refractivity contribution in [3.05, 3.63) is 0 Å². The van der Waals surface area contributed by atoms with Gasteiger partial charge < -0.3 is 4.90 Å². The molecule has 0 aromatic heterocycles. The first-order valence-corrected chi connectivity index (χ1v) is 6.81. The zero-order valence-corrected chi connectivity index (χ0v) is 10.5. The second-order valence-electron chi connectivity index (χ2n) is 6.31. The third-order valence-corrected chi connectivity index (χ3v) is 5.11. The third-order valence-electron chi connectivity index (χ3n) is 5.11. The predicted octanol–water partition coefficient (Wildman–Crippen LogP) is 2.18. The topological polar surface area (TPSA) is 44.1 Å². The average molecular weight is 232 g/mol. The van der Waals surface area contributed by atoms with E-state index in [0.717, 1.165) is 31.2 Å². The highest BCUT2D eigenvalue weighted by molar-refractivity contribution is 5.88. The Morgan fingerprint density at radius 2 is 2.18 bits per heavy atom. The van der Waals surface area contributed by atoms with Gasteiger partial charge in [0, 0.05) is 13.6 Å². The van der Waals surface area contributed by atoms with Crippen LogP contribution in [-0.2, 0) is 4.79 Å². The van der Waals surface area contributed by atoms with Crippen LogP contribution in [0.3, 0.4) is 0 Å². The molecule has 0 aromatic carbocycles. The van der Waals surface area contributed by atoms with Crippen LogP contribution in [0.4, 0.5) is 0 Å². The number of amides is 1. The molecule has 3 nitrogen and oxygen atoms in total. The molecule has 2 bridgehead atoms. The summed E-state index contributed by atoms with van der Waals surface area (Å²) in [4.78, 5) is 14.0. The molecule has 3 atom stereocenters. The van der Waals surface area contributed by atoms with Gasteiger partial charge in [-0.1, -0.05) is 6.42 Å². The van der Waals surface area contributed by atoms with E-state index in [2.05, 4.69) is 6.07 Å². The molecule has 3 rings (SSSR count). The zero-order chi connectivity index (χ0) is 12.0. The highest BCUT2D eigenvalue weighted by Gasteiger charge is 2.52. The molecule has 0 saturated heterocycles. The predicted molar refractivity (Wildman–Crippen MR) is 63.9 cm³/mol. The van der Waals surface area contributed by atoms with Crippen LogP contribution in [-0.4, -0.2) is 24.4 Å². The highest BCUT2D eigenvalue weighted by Crippen LogP contribution is 2.50. The number of fused-ring (bicyclic) bond motifs is 2. The fourth-order valence-electron chi connectivity index (χ4n) is 3.90. The quantitative estimate of drug-likeness (QED) is 0.748. The fraction of sp³-hybridized carbons (Fsp3) is 0.857. The molecule has 0 N–H and O–H groups in total. The van der Waals surface area contributed by atoms with Crippen molar-refractivity contribution < 1.29 is 4.79 Å². The first-order chi connectivity index (χ1) is 8.14. The number of hydrogen-bond acceptors (Lipinski definition) is 2. The smallest absolute Gasteiger partial charge is 0.242 e. The van der Waals surface area contributed by atoms with Crippen molar-refractivity contribution in [2.45, 2.75) is 38.5 Å². The summed E-state index contributed by atoms with van der Waals surface area (Å²) in [6.07, 6.45) is 6.99. The molecule has 0 heterocycles. The van der Waals surface area contributed by atoms with Gasteiger partial charge in [-0.05, 0) is 49.9 Å². The van der Waals surface area contributed by atoms with Crippen LogP contribution >= 0.6 is 0 Å². The summed E-state index contributed by atoms with van der Waals surface area (Å²) in [6, 6.07) is 2.20. The summed E-state index contributed by atoms with van der Waals surface area (Å²) in [5.74, 6) is 2.56. The lowest BCUT2D eigenvalue weighted by Crippen LogP contribution is -2.38. The summed E-state index contributed by atoms with van der Waals surface area (Å²) in [6.45, 7) is 0.878. The molecular weight excluding hydrogens is 212 g/mol. The maximum Gasteiger partial charge on any atom is 0.242 e. The lowest BCUT2D eigenvalue weighted by atomic mass is 9.88. The van der Waals surface area contributed by atoms with Gasteiger partial charge in [0.15, 0.2) is 0 Å². The SMILES string of the molecule is CN(CC1CC2CCC1C2)C(=O)C1(C#N)CC1. The summed E-state index contributed by atoms with van der Waals surface area (Å²) in [5.41, 5.74) is -0.633. The maximum absolute atomic E-state index is 12.2. The first kappa shape index (κ1) is 11.1. The molecule has 3 saturated carbocycles. The van der Waals surface area contributed by atoms with Gasteiger partial charge in [-0.3, -0.25) is 4.79 Å². The zero-order valence-electron chi connectivity index (χ0n) is 10.5. The van der Waals surface area contributed by atoms with Gasteiger partial charge in [0.1, 0.15) is 5.41 Å². The Morgan fingerprint density at radius 1 is 1.41 bits per heavy atom. The maximum atomic E-state index is 12.2. The minimum absolute atomic E-state index is 0.0720. The first-order valence-electron chi connectivity index (χ1n) is 6.81.